The number of allylic oxidation sites excluding steroid dienone is 2. The Labute approximate surface area is 173 Å². The number of rotatable bonds is 11. The van der Waals surface area contributed by atoms with E-state index < -0.39 is 8.32 Å². The third kappa shape index (κ3) is 7.57. The molecule has 0 heterocycles. The van der Waals surface area contributed by atoms with Crippen LogP contribution in [0.5, 0.6) is 5.75 Å². The Balaban J connectivity index is 2.82. The van der Waals surface area contributed by atoms with E-state index in [2.05, 4.69) is 72.5 Å². The van der Waals surface area contributed by atoms with Crippen LogP contribution in [0.2, 0.25) is 18.1 Å². The predicted octanol–water partition coefficient (Wildman–Crippen LogP) is 6.62. The second-order valence-corrected chi connectivity index (χ2v) is 14.0. The van der Waals surface area contributed by atoms with Crippen molar-refractivity contribution < 1.29 is 13.9 Å². The van der Waals surface area contributed by atoms with Crippen LogP contribution in [-0.2, 0) is 15.8 Å². The molecule has 0 amide bonds. The maximum atomic E-state index is 6.47. The van der Waals surface area contributed by atoms with Gasteiger partial charge in [0.15, 0.2) is 8.32 Å². The Bertz CT molecular complexity index is 614. The summed E-state index contributed by atoms with van der Waals surface area (Å²) in [6.45, 7) is 20.9. The van der Waals surface area contributed by atoms with Crippen LogP contribution in [0.4, 0.5) is 0 Å². The van der Waals surface area contributed by atoms with Crippen molar-refractivity contribution in [2.24, 2.45) is 11.8 Å². The second-order valence-electron chi connectivity index (χ2n) is 9.15. The fourth-order valence-electron chi connectivity index (χ4n) is 2.76. The molecule has 0 aliphatic heterocycles. The summed E-state index contributed by atoms with van der Waals surface area (Å²) >= 11 is 0. The maximum Gasteiger partial charge on any atom is 0.191 e. The SMILES string of the molecule is C=C/C=C\C(C)C(OCc1ccc(OC)cc1)C(C)CO[Si](C)(C)C(C)(C)C. The van der Waals surface area contributed by atoms with E-state index in [9.17, 15) is 0 Å². The van der Waals surface area contributed by atoms with Crippen LogP contribution in [0.15, 0.2) is 49.1 Å². The zero-order valence-electron chi connectivity index (χ0n) is 19.1. The summed E-state index contributed by atoms with van der Waals surface area (Å²) in [6, 6.07) is 8.05. The van der Waals surface area contributed by atoms with Gasteiger partial charge in [-0.1, -0.05) is 71.6 Å². The van der Waals surface area contributed by atoms with Crippen LogP contribution in [0.1, 0.15) is 40.2 Å². The zero-order chi connectivity index (χ0) is 21.4. The van der Waals surface area contributed by atoms with Crippen molar-refractivity contribution in [3.8, 4) is 5.75 Å². The van der Waals surface area contributed by atoms with Gasteiger partial charge in [0.25, 0.3) is 0 Å². The molecule has 0 saturated carbocycles. The van der Waals surface area contributed by atoms with Crippen LogP contribution in [0.3, 0.4) is 0 Å². The van der Waals surface area contributed by atoms with Gasteiger partial charge in [0.05, 0.1) is 19.8 Å². The Morgan fingerprint density at radius 3 is 2.21 bits per heavy atom. The van der Waals surface area contributed by atoms with Gasteiger partial charge in [-0.15, -0.1) is 0 Å². The average Bonchev–Trinajstić information content (AvgIpc) is 2.64. The Hall–Kier alpha value is -1.36. The minimum atomic E-state index is -1.77. The van der Waals surface area contributed by atoms with Crippen molar-refractivity contribution in [1.82, 2.24) is 0 Å². The predicted molar refractivity (Wildman–Crippen MR) is 122 cm³/mol. The minimum Gasteiger partial charge on any atom is -0.497 e. The summed E-state index contributed by atoms with van der Waals surface area (Å²) < 4.78 is 18.1. The highest BCUT2D eigenvalue weighted by Crippen LogP contribution is 2.37. The fourth-order valence-corrected chi connectivity index (χ4v) is 3.88. The largest absolute Gasteiger partial charge is 0.497 e. The van der Waals surface area contributed by atoms with Crippen LogP contribution >= 0.6 is 0 Å². The minimum absolute atomic E-state index is 0.0723. The van der Waals surface area contributed by atoms with Gasteiger partial charge in [0.1, 0.15) is 5.75 Å². The smallest absolute Gasteiger partial charge is 0.191 e. The standard InChI is InChI=1S/C24H40O3Si/c1-10-11-12-19(2)23(20(3)17-27-28(8,9)24(4,5)6)26-18-21-13-15-22(25-7)16-14-21/h10-16,19-20,23H,1,17-18H2,2-9H3/b12-11-. The summed E-state index contributed by atoms with van der Waals surface area (Å²) in [6.07, 6.45) is 6.04. The third-order valence-corrected chi connectivity index (χ3v) is 10.2. The molecule has 0 radical (unpaired) electrons. The van der Waals surface area contributed by atoms with Crippen molar-refractivity contribution in [3.63, 3.8) is 0 Å². The van der Waals surface area contributed by atoms with Crippen molar-refractivity contribution in [2.45, 2.75) is 65.5 Å². The summed E-state index contributed by atoms with van der Waals surface area (Å²) in [4.78, 5) is 0. The molecule has 3 nitrogen and oxygen atoms in total. The van der Waals surface area contributed by atoms with E-state index in [1.807, 2.05) is 24.3 Å². The van der Waals surface area contributed by atoms with Crippen molar-refractivity contribution in [3.05, 3.63) is 54.6 Å². The van der Waals surface area contributed by atoms with Gasteiger partial charge in [-0.05, 0) is 35.8 Å². The Morgan fingerprint density at radius 2 is 1.71 bits per heavy atom. The molecule has 0 saturated heterocycles. The van der Waals surface area contributed by atoms with Gasteiger partial charge >= 0.3 is 0 Å². The molecule has 3 atom stereocenters. The van der Waals surface area contributed by atoms with Gasteiger partial charge in [0, 0.05) is 18.4 Å². The summed E-state index contributed by atoms with van der Waals surface area (Å²) in [5, 5.41) is 0.209. The first kappa shape index (κ1) is 24.7. The highest BCUT2D eigenvalue weighted by Gasteiger charge is 2.38. The van der Waals surface area contributed by atoms with Crippen LogP contribution in [-0.4, -0.2) is 28.1 Å². The van der Waals surface area contributed by atoms with E-state index in [4.69, 9.17) is 13.9 Å². The first-order valence-electron chi connectivity index (χ1n) is 10.2. The molecule has 0 bridgehead atoms. The lowest BCUT2D eigenvalue weighted by molar-refractivity contribution is -0.0293. The second kappa shape index (κ2) is 11.0. The van der Waals surface area contributed by atoms with E-state index in [1.54, 1.807) is 7.11 Å². The van der Waals surface area contributed by atoms with Gasteiger partial charge in [-0.3, -0.25) is 0 Å². The molecule has 0 fully saturated rings. The molecule has 0 aromatic heterocycles. The first-order valence-corrected chi connectivity index (χ1v) is 13.1. The molecule has 4 heteroatoms. The van der Waals surface area contributed by atoms with E-state index in [-0.39, 0.29) is 23.0 Å². The lowest BCUT2D eigenvalue weighted by Crippen LogP contribution is -2.43. The molecule has 1 aromatic rings. The fraction of sp³-hybridized carbons (Fsp3) is 0.583. The normalized spacial score (nSPS) is 16.0. The van der Waals surface area contributed by atoms with Crippen molar-refractivity contribution in [2.75, 3.05) is 13.7 Å². The number of methoxy groups -OCH3 is 1. The van der Waals surface area contributed by atoms with Gasteiger partial charge < -0.3 is 13.9 Å². The number of benzene rings is 1. The lowest BCUT2D eigenvalue weighted by atomic mass is 9.93. The number of ether oxygens (including phenoxy) is 2. The molecule has 3 unspecified atom stereocenters. The quantitative estimate of drug-likeness (QED) is 0.306. The van der Waals surface area contributed by atoms with Crippen LogP contribution in [0.25, 0.3) is 0 Å². The molecule has 28 heavy (non-hydrogen) atoms. The monoisotopic (exact) mass is 404 g/mol. The molecule has 1 aromatic carbocycles. The van der Waals surface area contributed by atoms with Gasteiger partial charge in [0.2, 0.25) is 0 Å². The maximum absolute atomic E-state index is 6.47. The van der Waals surface area contributed by atoms with Crippen molar-refractivity contribution in [1.29, 1.82) is 0 Å². The highest BCUT2D eigenvalue weighted by molar-refractivity contribution is 6.74. The Kier molecular flexibility index (Phi) is 9.68. The van der Waals surface area contributed by atoms with E-state index in [0.29, 0.717) is 6.61 Å². The molecular formula is C24H40O3Si. The number of hydrogen-bond acceptors (Lipinski definition) is 3. The van der Waals surface area contributed by atoms with Crippen molar-refractivity contribution >= 4 is 8.32 Å². The zero-order valence-corrected chi connectivity index (χ0v) is 20.1. The molecule has 0 N–H and O–H groups in total. The summed E-state index contributed by atoms with van der Waals surface area (Å²) in [5.74, 6) is 1.42. The highest BCUT2D eigenvalue weighted by atomic mass is 28.4. The summed E-state index contributed by atoms with van der Waals surface area (Å²) in [7, 11) is -0.0950. The summed E-state index contributed by atoms with van der Waals surface area (Å²) in [5.41, 5.74) is 1.14. The van der Waals surface area contributed by atoms with Gasteiger partial charge in [-0.2, -0.15) is 0 Å². The van der Waals surface area contributed by atoms with E-state index in [1.165, 1.54) is 0 Å². The average molecular weight is 405 g/mol. The molecule has 0 aliphatic carbocycles. The lowest BCUT2D eigenvalue weighted by Gasteiger charge is -2.38. The molecular weight excluding hydrogens is 364 g/mol. The van der Waals surface area contributed by atoms with E-state index >= 15 is 0 Å². The van der Waals surface area contributed by atoms with E-state index in [0.717, 1.165) is 17.9 Å². The molecule has 158 valence electrons. The molecule has 1 rings (SSSR count). The first-order chi connectivity index (χ1) is 13.0. The topological polar surface area (TPSA) is 27.7 Å². The molecule has 0 aliphatic rings. The number of hydrogen-bond donors (Lipinski definition) is 0. The third-order valence-electron chi connectivity index (χ3n) is 5.74. The van der Waals surface area contributed by atoms with Crippen LogP contribution in [0, 0.1) is 11.8 Å². The Morgan fingerprint density at radius 1 is 1.11 bits per heavy atom. The van der Waals surface area contributed by atoms with Crippen LogP contribution < -0.4 is 4.74 Å². The van der Waals surface area contributed by atoms with Gasteiger partial charge in [-0.25, -0.2) is 0 Å². The molecule has 0 spiro atoms.